The summed E-state index contributed by atoms with van der Waals surface area (Å²) < 4.78 is 5.56. The van der Waals surface area contributed by atoms with Gasteiger partial charge in [0.1, 0.15) is 6.10 Å². The number of hydrogen-bond donors (Lipinski definition) is 1. The van der Waals surface area contributed by atoms with Crippen molar-refractivity contribution in [3.8, 4) is 0 Å². The predicted octanol–water partition coefficient (Wildman–Crippen LogP) is 5.40. The molecule has 0 unspecified atom stereocenters. The van der Waals surface area contributed by atoms with Gasteiger partial charge < -0.3 is 10.1 Å². The monoisotopic (exact) mass is 385 g/mol. The summed E-state index contributed by atoms with van der Waals surface area (Å²) in [5.41, 5.74) is 2.25. The highest BCUT2D eigenvalue weighted by Crippen LogP contribution is 2.22. The summed E-state index contributed by atoms with van der Waals surface area (Å²) in [7, 11) is 0. The topological polar surface area (TPSA) is 55.4 Å². The van der Waals surface area contributed by atoms with E-state index in [4.69, 9.17) is 16.3 Å². The smallest absolute Gasteiger partial charge is 0.338 e. The first kappa shape index (κ1) is 19.4. The summed E-state index contributed by atoms with van der Waals surface area (Å²) in [6.45, 7) is 0. The third-order valence-electron chi connectivity index (χ3n) is 4.78. The molecule has 1 amide bonds. The zero-order valence-corrected chi connectivity index (χ0v) is 16.0. The molecule has 5 heteroatoms. The molecular weight excluding hydrogens is 362 g/mol. The van der Waals surface area contributed by atoms with Crippen LogP contribution in [0.2, 0.25) is 5.02 Å². The molecule has 1 N–H and O–H groups in total. The standard InChI is InChI=1S/C22H24ClNO3/c23-18-11-6-16(7-12-18)8-15-21(25)24-19-13-9-17(10-14-19)22(26)27-20-4-2-1-3-5-20/h6-7,9-14,20H,1-5,8,15H2,(H,24,25). The summed E-state index contributed by atoms with van der Waals surface area (Å²) in [6.07, 6.45) is 6.44. The molecule has 2 aromatic carbocycles. The number of anilines is 1. The average Bonchev–Trinajstić information content (AvgIpc) is 2.69. The van der Waals surface area contributed by atoms with Crippen molar-refractivity contribution < 1.29 is 14.3 Å². The lowest BCUT2D eigenvalue weighted by Gasteiger charge is -2.21. The molecule has 1 aliphatic carbocycles. The van der Waals surface area contributed by atoms with Gasteiger partial charge in [0.05, 0.1) is 5.56 Å². The minimum Gasteiger partial charge on any atom is -0.459 e. The Morgan fingerprint density at radius 2 is 1.63 bits per heavy atom. The molecule has 3 rings (SSSR count). The number of hydrogen-bond acceptors (Lipinski definition) is 3. The van der Waals surface area contributed by atoms with Crippen LogP contribution in [0.1, 0.15) is 54.4 Å². The predicted molar refractivity (Wildman–Crippen MR) is 107 cm³/mol. The molecular formula is C22H24ClNO3. The van der Waals surface area contributed by atoms with Gasteiger partial charge in [-0.1, -0.05) is 30.2 Å². The number of nitrogens with one attached hydrogen (secondary N) is 1. The second kappa shape index (κ2) is 9.56. The maximum atomic E-state index is 12.2. The van der Waals surface area contributed by atoms with E-state index in [0.717, 1.165) is 31.2 Å². The molecule has 1 fully saturated rings. The Bertz CT molecular complexity index is 765. The van der Waals surface area contributed by atoms with E-state index >= 15 is 0 Å². The van der Waals surface area contributed by atoms with E-state index in [1.54, 1.807) is 24.3 Å². The Labute approximate surface area is 164 Å². The Morgan fingerprint density at radius 1 is 0.963 bits per heavy atom. The van der Waals surface area contributed by atoms with Gasteiger partial charge in [0.2, 0.25) is 5.91 Å². The fraction of sp³-hybridized carbons (Fsp3) is 0.364. The van der Waals surface area contributed by atoms with E-state index in [9.17, 15) is 9.59 Å². The number of carbonyl (C=O) groups is 2. The first-order chi connectivity index (χ1) is 13.1. The number of esters is 1. The molecule has 0 heterocycles. The zero-order valence-electron chi connectivity index (χ0n) is 15.2. The fourth-order valence-electron chi connectivity index (χ4n) is 3.22. The average molecular weight is 386 g/mol. The van der Waals surface area contributed by atoms with Crippen molar-refractivity contribution in [2.75, 3.05) is 5.32 Å². The molecule has 0 radical (unpaired) electrons. The Balaban J connectivity index is 1.47. The van der Waals surface area contributed by atoms with E-state index in [2.05, 4.69) is 5.32 Å². The van der Waals surface area contributed by atoms with Crippen LogP contribution < -0.4 is 5.32 Å². The summed E-state index contributed by atoms with van der Waals surface area (Å²) >= 11 is 5.86. The second-order valence-electron chi connectivity index (χ2n) is 6.92. The molecule has 2 aromatic rings. The lowest BCUT2D eigenvalue weighted by atomic mass is 9.98. The molecule has 0 saturated heterocycles. The molecule has 0 spiro atoms. The minimum absolute atomic E-state index is 0.0403. The number of aryl methyl sites for hydroxylation is 1. The first-order valence-corrected chi connectivity index (χ1v) is 9.83. The normalized spacial score (nSPS) is 14.6. The highest BCUT2D eigenvalue weighted by Gasteiger charge is 2.18. The molecule has 1 aliphatic rings. The van der Waals surface area contributed by atoms with Gasteiger partial charge in [-0.15, -0.1) is 0 Å². The summed E-state index contributed by atoms with van der Waals surface area (Å²) in [5.74, 6) is -0.356. The highest BCUT2D eigenvalue weighted by molar-refractivity contribution is 6.30. The van der Waals surface area contributed by atoms with Crippen molar-refractivity contribution in [1.29, 1.82) is 0 Å². The van der Waals surface area contributed by atoms with Crippen LogP contribution in [0.25, 0.3) is 0 Å². The van der Waals surface area contributed by atoms with Crippen LogP contribution in [0.5, 0.6) is 0 Å². The summed E-state index contributed by atoms with van der Waals surface area (Å²) in [5, 5.41) is 3.54. The van der Waals surface area contributed by atoms with Gasteiger partial charge in [0, 0.05) is 17.1 Å². The first-order valence-electron chi connectivity index (χ1n) is 9.45. The number of amides is 1. The molecule has 0 bridgehead atoms. The van der Waals surface area contributed by atoms with Crippen LogP contribution in [0.3, 0.4) is 0 Å². The summed E-state index contributed by atoms with van der Waals surface area (Å²) in [4.78, 5) is 24.3. The Kier molecular flexibility index (Phi) is 6.88. The maximum absolute atomic E-state index is 12.2. The molecule has 4 nitrogen and oxygen atoms in total. The van der Waals surface area contributed by atoms with E-state index in [1.807, 2.05) is 24.3 Å². The molecule has 0 aliphatic heterocycles. The quantitative estimate of drug-likeness (QED) is 0.677. The van der Waals surface area contributed by atoms with Gasteiger partial charge in [0.25, 0.3) is 0 Å². The number of ether oxygens (including phenoxy) is 1. The Hall–Kier alpha value is -2.33. The number of carbonyl (C=O) groups excluding carboxylic acids is 2. The lowest BCUT2D eigenvalue weighted by molar-refractivity contribution is -0.116. The number of halogens is 1. The number of rotatable bonds is 6. The van der Waals surface area contributed by atoms with Crippen molar-refractivity contribution in [3.63, 3.8) is 0 Å². The van der Waals surface area contributed by atoms with Gasteiger partial charge >= 0.3 is 5.97 Å². The second-order valence-corrected chi connectivity index (χ2v) is 7.35. The van der Waals surface area contributed by atoms with Crippen molar-refractivity contribution in [2.45, 2.75) is 51.0 Å². The van der Waals surface area contributed by atoms with Crippen LogP contribution in [-0.4, -0.2) is 18.0 Å². The van der Waals surface area contributed by atoms with E-state index < -0.39 is 0 Å². The third-order valence-corrected chi connectivity index (χ3v) is 5.04. The van der Waals surface area contributed by atoms with Crippen LogP contribution in [0.4, 0.5) is 5.69 Å². The van der Waals surface area contributed by atoms with Crippen LogP contribution >= 0.6 is 11.6 Å². The molecule has 142 valence electrons. The lowest BCUT2D eigenvalue weighted by Crippen LogP contribution is -2.21. The molecule has 0 atom stereocenters. The van der Waals surface area contributed by atoms with Gasteiger partial charge in [-0.25, -0.2) is 4.79 Å². The van der Waals surface area contributed by atoms with E-state index in [0.29, 0.717) is 29.1 Å². The van der Waals surface area contributed by atoms with Crippen LogP contribution in [0, 0.1) is 0 Å². The van der Waals surface area contributed by atoms with Crippen molar-refractivity contribution >= 4 is 29.2 Å². The zero-order chi connectivity index (χ0) is 19.1. The fourth-order valence-corrected chi connectivity index (χ4v) is 3.35. The van der Waals surface area contributed by atoms with E-state index in [-0.39, 0.29) is 18.0 Å². The van der Waals surface area contributed by atoms with Crippen molar-refractivity contribution in [1.82, 2.24) is 0 Å². The Morgan fingerprint density at radius 3 is 2.30 bits per heavy atom. The molecule has 27 heavy (non-hydrogen) atoms. The minimum atomic E-state index is -0.289. The van der Waals surface area contributed by atoms with Gasteiger partial charge in [-0.05, 0) is 74.1 Å². The maximum Gasteiger partial charge on any atom is 0.338 e. The third kappa shape index (κ3) is 6.10. The van der Waals surface area contributed by atoms with Crippen LogP contribution in [-0.2, 0) is 16.0 Å². The van der Waals surface area contributed by atoms with E-state index in [1.165, 1.54) is 6.42 Å². The van der Waals surface area contributed by atoms with Gasteiger partial charge in [-0.2, -0.15) is 0 Å². The van der Waals surface area contributed by atoms with Crippen molar-refractivity contribution in [2.24, 2.45) is 0 Å². The molecule has 0 aromatic heterocycles. The summed E-state index contributed by atoms with van der Waals surface area (Å²) in [6, 6.07) is 14.3. The highest BCUT2D eigenvalue weighted by atomic mass is 35.5. The van der Waals surface area contributed by atoms with Gasteiger partial charge in [-0.3, -0.25) is 4.79 Å². The SMILES string of the molecule is O=C(CCc1ccc(Cl)cc1)Nc1ccc(C(=O)OC2CCCCC2)cc1. The van der Waals surface area contributed by atoms with Crippen molar-refractivity contribution in [3.05, 3.63) is 64.7 Å². The largest absolute Gasteiger partial charge is 0.459 e. The number of benzene rings is 2. The molecule has 1 saturated carbocycles. The van der Waals surface area contributed by atoms with Gasteiger partial charge in [0.15, 0.2) is 0 Å². The van der Waals surface area contributed by atoms with Crippen LogP contribution in [0.15, 0.2) is 48.5 Å².